The first-order chi connectivity index (χ1) is 13.3. The Labute approximate surface area is 170 Å². The lowest BCUT2D eigenvalue weighted by Crippen LogP contribution is -2.52. The lowest BCUT2D eigenvalue weighted by atomic mass is 9.93. The maximum absolute atomic E-state index is 12.7. The van der Waals surface area contributed by atoms with Crippen LogP contribution in [0.25, 0.3) is 0 Å². The number of benzene rings is 1. The van der Waals surface area contributed by atoms with Crippen molar-refractivity contribution < 1.29 is 14.4 Å². The quantitative estimate of drug-likeness (QED) is 0.762. The number of urea groups is 1. The van der Waals surface area contributed by atoms with E-state index in [1.807, 2.05) is 39.0 Å². The Morgan fingerprint density at radius 2 is 1.79 bits per heavy atom. The van der Waals surface area contributed by atoms with Gasteiger partial charge in [-0.1, -0.05) is 31.5 Å². The van der Waals surface area contributed by atoms with Crippen LogP contribution in [0.2, 0.25) is 5.02 Å². The zero-order chi connectivity index (χ0) is 20.5. The lowest BCUT2D eigenvalue weighted by molar-refractivity contribution is -0.139. The molecule has 2 fully saturated rings. The number of hydrogen-bond acceptors (Lipinski definition) is 4. The highest BCUT2D eigenvalue weighted by molar-refractivity contribution is 6.30. The van der Waals surface area contributed by atoms with Gasteiger partial charge in [-0.15, -0.1) is 0 Å². The second-order valence-electron chi connectivity index (χ2n) is 7.41. The van der Waals surface area contributed by atoms with Crippen LogP contribution in [0.15, 0.2) is 18.2 Å². The molecule has 1 aromatic rings. The van der Waals surface area contributed by atoms with Gasteiger partial charge >= 0.3 is 6.03 Å². The standard InChI is InChI=1S/C20H27ClN4O3/c1-4-20(5-2)18(27)25(19(28)22-20)13-17(26)24-10-8-23(9-11-24)16-12-15(21)7-6-14(16)3/h6-7,12H,4-5,8-11,13H2,1-3H3,(H,22,28). The summed E-state index contributed by atoms with van der Waals surface area (Å²) in [5.74, 6) is -0.502. The van der Waals surface area contributed by atoms with E-state index in [0.29, 0.717) is 44.0 Å². The number of imide groups is 1. The molecule has 28 heavy (non-hydrogen) atoms. The molecule has 7 nitrogen and oxygen atoms in total. The van der Waals surface area contributed by atoms with Gasteiger partial charge in [0.25, 0.3) is 5.91 Å². The van der Waals surface area contributed by atoms with Crippen molar-refractivity contribution in [1.82, 2.24) is 15.1 Å². The summed E-state index contributed by atoms with van der Waals surface area (Å²) in [6, 6.07) is 5.32. The van der Waals surface area contributed by atoms with E-state index >= 15 is 0 Å². The summed E-state index contributed by atoms with van der Waals surface area (Å²) >= 11 is 6.12. The number of nitrogens with one attached hydrogen (secondary N) is 1. The number of anilines is 1. The fraction of sp³-hybridized carbons (Fsp3) is 0.550. The molecular formula is C20H27ClN4O3. The van der Waals surface area contributed by atoms with Gasteiger partial charge in [-0.2, -0.15) is 0 Å². The van der Waals surface area contributed by atoms with Crippen LogP contribution in [0, 0.1) is 6.92 Å². The van der Waals surface area contributed by atoms with Crippen LogP contribution in [-0.2, 0) is 9.59 Å². The van der Waals surface area contributed by atoms with E-state index in [2.05, 4.69) is 10.2 Å². The van der Waals surface area contributed by atoms with Gasteiger partial charge in [0.1, 0.15) is 12.1 Å². The van der Waals surface area contributed by atoms with Gasteiger partial charge in [-0.05, 0) is 37.5 Å². The Morgan fingerprint density at radius 1 is 1.14 bits per heavy atom. The number of carbonyl (C=O) groups excluding carboxylic acids is 3. The molecule has 0 spiro atoms. The zero-order valence-electron chi connectivity index (χ0n) is 16.6. The van der Waals surface area contributed by atoms with Crippen molar-refractivity contribution in [2.24, 2.45) is 0 Å². The molecule has 152 valence electrons. The van der Waals surface area contributed by atoms with Crippen molar-refractivity contribution in [3.8, 4) is 0 Å². The number of aryl methyl sites for hydroxylation is 1. The van der Waals surface area contributed by atoms with Gasteiger partial charge < -0.3 is 15.1 Å². The van der Waals surface area contributed by atoms with Crippen LogP contribution < -0.4 is 10.2 Å². The van der Waals surface area contributed by atoms with Gasteiger partial charge in [0, 0.05) is 36.9 Å². The highest BCUT2D eigenvalue weighted by Crippen LogP contribution is 2.26. The van der Waals surface area contributed by atoms with E-state index in [9.17, 15) is 14.4 Å². The first kappa shape index (κ1) is 20.5. The minimum absolute atomic E-state index is 0.200. The van der Waals surface area contributed by atoms with Crippen LogP contribution in [0.1, 0.15) is 32.3 Å². The second-order valence-corrected chi connectivity index (χ2v) is 7.85. The minimum atomic E-state index is -0.875. The van der Waals surface area contributed by atoms with Crippen molar-refractivity contribution in [1.29, 1.82) is 0 Å². The number of nitrogens with zero attached hydrogens (tertiary/aromatic N) is 3. The number of piperazine rings is 1. The maximum Gasteiger partial charge on any atom is 0.325 e. The molecule has 2 aliphatic rings. The fourth-order valence-corrected chi connectivity index (χ4v) is 4.07. The largest absolute Gasteiger partial charge is 0.368 e. The zero-order valence-corrected chi connectivity index (χ0v) is 17.4. The van der Waals surface area contributed by atoms with Crippen molar-refractivity contribution in [2.45, 2.75) is 39.2 Å². The Kier molecular flexibility index (Phi) is 5.84. The lowest BCUT2D eigenvalue weighted by Gasteiger charge is -2.37. The molecule has 0 aliphatic carbocycles. The van der Waals surface area contributed by atoms with Crippen LogP contribution in [0.5, 0.6) is 0 Å². The van der Waals surface area contributed by atoms with Crippen LogP contribution in [0.4, 0.5) is 10.5 Å². The van der Waals surface area contributed by atoms with Crippen LogP contribution >= 0.6 is 11.6 Å². The molecule has 2 heterocycles. The monoisotopic (exact) mass is 406 g/mol. The Hall–Kier alpha value is -2.28. The van der Waals surface area contributed by atoms with Gasteiger partial charge in [0.2, 0.25) is 5.91 Å². The molecule has 2 aliphatic heterocycles. The second kappa shape index (κ2) is 7.99. The Balaban J connectivity index is 1.61. The highest BCUT2D eigenvalue weighted by atomic mass is 35.5. The SMILES string of the molecule is CCC1(CC)NC(=O)N(CC(=O)N2CCN(c3cc(Cl)ccc3C)CC2)C1=O. The third-order valence-electron chi connectivity index (χ3n) is 5.89. The summed E-state index contributed by atoms with van der Waals surface area (Å²) in [7, 11) is 0. The average molecular weight is 407 g/mol. The van der Waals surface area contributed by atoms with Crippen molar-refractivity contribution in [3.05, 3.63) is 28.8 Å². The topological polar surface area (TPSA) is 73.0 Å². The smallest absolute Gasteiger partial charge is 0.325 e. The summed E-state index contributed by atoms with van der Waals surface area (Å²) in [5, 5.41) is 3.45. The molecular weight excluding hydrogens is 380 g/mol. The van der Waals surface area contributed by atoms with Gasteiger partial charge in [-0.25, -0.2) is 4.79 Å². The van der Waals surface area contributed by atoms with E-state index < -0.39 is 11.6 Å². The van der Waals surface area contributed by atoms with E-state index in [0.717, 1.165) is 16.2 Å². The summed E-state index contributed by atoms with van der Waals surface area (Å²) in [5.41, 5.74) is 1.34. The first-order valence-electron chi connectivity index (χ1n) is 9.74. The number of hydrogen-bond donors (Lipinski definition) is 1. The fourth-order valence-electron chi connectivity index (χ4n) is 3.90. The molecule has 3 rings (SSSR count). The van der Waals surface area contributed by atoms with Crippen molar-refractivity contribution >= 4 is 35.1 Å². The molecule has 1 aromatic carbocycles. The van der Waals surface area contributed by atoms with Crippen LogP contribution in [0.3, 0.4) is 0 Å². The molecule has 2 saturated heterocycles. The normalized spacial score (nSPS) is 19.2. The summed E-state index contributed by atoms with van der Waals surface area (Å²) in [6.45, 7) is 8.01. The number of amides is 4. The average Bonchev–Trinajstić information content (AvgIpc) is 2.94. The summed E-state index contributed by atoms with van der Waals surface area (Å²) in [4.78, 5) is 42.6. The van der Waals surface area contributed by atoms with Crippen molar-refractivity contribution in [2.75, 3.05) is 37.6 Å². The molecule has 1 N–H and O–H groups in total. The molecule has 0 saturated carbocycles. The van der Waals surface area contributed by atoms with Gasteiger partial charge in [-0.3, -0.25) is 14.5 Å². The molecule has 0 unspecified atom stereocenters. The number of carbonyl (C=O) groups is 3. The first-order valence-corrected chi connectivity index (χ1v) is 10.1. The minimum Gasteiger partial charge on any atom is -0.368 e. The third kappa shape index (κ3) is 3.68. The van der Waals surface area contributed by atoms with Crippen LogP contribution in [-0.4, -0.2) is 65.9 Å². The molecule has 4 amide bonds. The Bertz CT molecular complexity index is 786. The molecule has 0 bridgehead atoms. The van der Waals surface area contributed by atoms with E-state index in [1.165, 1.54) is 0 Å². The van der Waals surface area contributed by atoms with Crippen molar-refractivity contribution in [3.63, 3.8) is 0 Å². The van der Waals surface area contributed by atoms with E-state index in [-0.39, 0.29) is 18.4 Å². The molecule has 0 radical (unpaired) electrons. The van der Waals surface area contributed by atoms with Gasteiger partial charge in [0.15, 0.2) is 0 Å². The summed E-state index contributed by atoms with van der Waals surface area (Å²) < 4.78 is 0. The van der Waals surface area contributed by atoms with Gasteiger partial charge in [0.05, 0.1) is 0 Å². The summed E-state index contributed by atoms with van der Waals surface area (Å²) in [6.07, 6.45) is 1.02. The molecule has 8 heteroatoms. The predicted molar refractivity (Wildman–Crippen MR) is 109 cm³/mol. The number of halogens is 1. The maximum atomic E-state index is 12.7. The number of rotatable bonds is 5. The third-order valence-corrected chi connectivity index (χ3v) is 6.13. The predicted octanol–water partition coefficient (Wildman–Crippen LogP) is 2.41. The van der Waals surface area contributed by atoms with E-state index in [1.54, 1.807) is 4.90 Å². The van der Waals surface area contributed by atoms with E-state index in [4.69, 9.17) is 11.6 Å². The highest BCUT2D eigenvalue weighted by Gasteiger charge is 2.49. The molecule has 0 aromatic heterocycles. The Morgan fingerprint density at radius 3 is 2.36 bits per heavy atom. The molecule has 0 atom stereocenters.